The molecule has 0 fully saturated rings. The third-order valence-electron chi connectivity index (χ3n) is 2.31. The molecule has 0 aliphatic heterocycles. The number of halogens is 1. The van der Waals surface area contributed by atoms with Crippen molar-refractivity contribution >= 4 is 0 Å². The minimum atomic E-state index is -0.269. The molecule has 0 radical (unpaired) electrons. The molecule has 0 aliphatic rings. The smallest absolute Gasteiger partial charge is 0.123 e. The molecule has 1 atom stereocenters. The molecule has 1 aromatic carbocycles. The number of hydrogen-bond acceptors (Lipinski definition) is 3. The summed E-state index contributed by atoms with van der Waals surface area (Å²) in [6.07, 6.45) is 0.601. The number of benzene rings is 1. The highest BCUT2D eigenvalue weighted by atomic mass is 19.1. The van der Waals surface area contributed by atoms with Gasteiger partial charge >= 0.3 is 0 Å². The Kier molecular flexibility index (Phi) is 4.74. The van der Waals surface area contributed by atoms with Gasteiger partial charge in [-0.25, -0.2) is 4.39 Å². The molecule has 3 nitrogen and oxygen atoms in total. The SMILES string of the molecule is CNC(C#N)CCOc1ccc(F)cc1C. The van der Waals surface area contributed by atoms with Crippen LogP contribution in [-0.2, 0) is 0 Å². The predicted molar refractivity (Wildman–Crippen MR) is 59.7 cm³/mol. The number of rotatable bonds is 5. The van der Waals surface area contributed by atoms with E-state index in [0.717, 1.165) is 5.56 Å². The maximum Gasteiger partial charge on any atom is 0.123 e. The van der Waals surface area contributed by atoms with E-state index in [1.54, 1.807) is 20.0 Å². The zero-order valence-electron chi connectivity index (χ0n) is 9.46. The van der Waals surface area contributed by atoms with Gasteiger partial charge in [0.15, 0.2) is 0 Å². The maximum absolute atomic E-state index is 12.8. The first-order valence-electron chi connectivity index (χ1n) is 5.13. The molecule has 1 unspecified atom stereocenters. The van der Waals surface area contributed by atoms with Gasteiger partial charge in [0.25, 0.3) is 0 Å². The Bertz CT molecular complexity index is 387. The fraction of sp³-hybridized carbons (Fsp3) is 0.417. The van der Waals surface area contributed by atoms with Crippen LogP contribution in [0.1, 0.15) is 12.0 Å². The topological polar surface area (TPSA) is 45.0 Å². The van der Waals surface area contributed by atoms with E-state index in [0.29, 0.717) is 18.8 Å². The summed E-state index contributed by atoms with van der Waals surface area (Å²) in [7, 11) is 1.73. The number of aryl methyl sites for hydroxylation is 1. The van der Waals surface area contributed by atoms with Crippen LogP contribution in [0.5, 0.6) is 5.75 Å². The fourth-order valence-corrected chi connectivity index (χ4v) is 1.33. The first kappa shape index (κ1) is 12.5. The van der Waals surface area contributed by atoms with Crippen LogP contribution < -0.4 is 10.1 Å². The minimum Gasteiger partial charge on any atom is -0.493 e. The standard InChI is InChI=1S/C12H15FN2O/c1-9-7-10(13)3-4-12(9)16-6-5-11(8-14)15-2/h3-4,7,11,15H,5-6H2,1-2H3. The van der Waals surface area contributed by atoms with Crippen molar-refractivity contribution in [2.24, 2.45) is 0 Å². The van der Waals surface area contributed by atoms with Gasteiger partial charge < -0.3 is 10.1 Å². The Morgan fingerprint density at radius 1 is 1.56 bits per heavy atom. The molecule has 0 aromatic heterocycles. The lowest BCUT2D eigenvalue weighted by molar-refractivity contribution is 0.298. The van der Waals surface area contributed by atoms with E-state index in [1.165, 1.54) is 12.1 Å². The molecule has 0 saturated carbocycles. The first-order valence-corrected chi connectivity index (χ1v) is 5.13. The van der Waals surface area contributed by atoms with Crippen LogP contribution in [0.4, 0.5) is 4.39 Å². The summed E-state index contributed by atoms with van der Waals surface area (Å²) in [6, 6.07) is 6.29. The quantitative estimate of drug-likeness (QED) is 0.829. The summed E-state index contributed by atoms with van der Waals surface area (Å²) in [5, 5.41) is 11.6. The number of nitrogens with zero attached hydrogens (tertiary/aromatic N) is 1. The summed E-state index contributed by atoms with van der Waals surface area (Å²) in [6.45, 7) is 2.23. The third kappa shape index (κ3) is 3.52. The normalized spacial score (nSPS) is 11.9. The van der Waals surface area contributed by atoms with Crippen LogP contribution in [0.15, 0.2) is 18.2 Å². The number of ether oxygens (including phenoxy) is 1. The molecule has 0 amide bonds. The average Bonchev–Trinajstić information content (AvgIpc) is 2.27. The molecular weight excluding hydrogens is 207 g/mol. The molecule has 1 N–H and O–H groups in total. The van der Waals surface area contributed by atoms with Gasteiger partial charge in [-0.05, 0) is 37.7 Å². The Hall–Kier alpha value is -1.60. The zero-order valence-corrected chi connectivity index (χ0v) is 9.46. The van der Waals surface area contributed by atoms with Crippen molar-refractivity contribution in [3.05, 3.63) is 29.6 Å². The van der Waals surface area contributed by atoms with E-state index >= 15 is 0 Å². The molecule has 86 valence electrons. The Labute approximate surface area is 94.8 Å². The van der Waals surface area contributed by atoms with E-state index in [9.17, 15) is 4.39 Å². The highest BCUT2D eigenvalue weighted by Gasteiger charge is 2.05. The molecule has 0 bridgehead atoms. The fourth-order valence-electron chi connectivity index (χ4n) is 1.33. The Balaban J connectivity index is 2.46. The van der Waals surface area contributed by atoms with E-state index in [-0.39, 0.29) is 11.9 Å². The van der Waals surface area contributed by atoms with E-state index in [1.807, 2.05) is 0 Å². The highest BCUT2D eigenvalue weighted by Crippen LogP contribution is 2.18. The molecule has 1 aromatic rings. The monoisotopic (exact) mass is 222 g/mol. The summed E-state index contributed by atoms with van der Waals surface area (Å²) in [5.74, 6) is 0.393. The van der Waals surface area contributed by atoms with Gasteiger partial charge in [0.05, 0.1) is 18.7 Å². The number of hydrogen-bond donors (Lipinski definition) is 1. The lowest BCUT2D eigenvalue weighted by atomic mass is 10.2. The molecule has 0 saturated heterocycles. The van der Waals surface area contributed by atoms with E-state index < -0.39 is 0 Å². The van der Waals surface area contributed by atoms with Crippen molar-refractivity contribution in [2.75, 3.05) is 13.7 Å². The van der Waals surface area contributed by atoms with Crippen molar-refractivity contribution in [1.29, 1.82) is 5.26 Å². The summed E-state index contributed by atoms with van der Waals surface area (Å²) >= 11 is 0. The van der Waals surface area contributed by atoms with E-state index in [4.69, 9.17) is 10.00 Å². The molecule has 16 heavy (non-hydrogen) atoms. The number of nitrogens with one attached hydrogen (secondary N) is 1. The second kappa shape index (κ2) is 6.09. The molecule has 4 heteroatoms. The maximum atomic E-state index is 12.8. The van der Waals surface area contributed by atoms with Crippen molar-refractivity contribution in [3.63, 3.8) is 0 Å². The summed E-state index contributed by atoms with van der Waals surface area (Å²) in [5.41, 5.74) is 0.762. The average molecular weight is 222 g/mol. The van der Waals surface area contributed by atoms with Crippen molar-refractivity contribution in [3.8, 4) is 11.8 Å². The Morgan fingerprint density at radius 2 is 2.31 bits per heavy atom. The van der Waals surface area contributed by atoms with Gasteiger partial charge in [-0.3, -0.25) is 0 Å². The minimum absolute atomic E-state index is 0.208. The van der Waals surface area contributed by atoms with Gasteiger partial charge in [-0.1, -0.05) is 0 Å². The molecule has 0 spiro atoms. The molecule has 0 aliphatic carbocycles. The van der Waals surface area contributed by atoms with Crippen LogP contribution in [0, 0.1) is 24.1 Å². The van der Waals surface area contributed by atoms with Crippen LogP contribution in [-0.4, -0.2) is 19.7 Å². The highest BCUT2D eigenvalue weighted by molar-refractivity contribution is 5.32. The van der Waals surface area contributed by atoms with Crippen LogP contribution in [0.2, 0.25) is 0 Å². The van der Waals surface area contributed by atoms with Crippen molar-refractivity contribution in [1.82, 2.24) is 5.32 Å². The first-order chi connectivity index (χ1) is 7.67. The molecule has 1 rings (SSSR count). The second-order valence-electron chi connectivity index (χ2n) is 3.52. The van der Waals surface area contributed by atoms with Gasteiger partial charge in [0.1, 0.15) is 11.6 Å². The van der Waals surface area contributed by atoms with E-state index in [2.05, 4.69) is 11.4 Å². The van der Waals surface area contributed by atoms with Gasteiger partial charge in [0, 0.05) is 6.42 Å². The number of nitriles is 1. The zero-order chi connectivity index (χ0) is 12.0. The van der Waals surface area contributed by atoms with Gasteiger partial charge in [-0.15, -0.1) is 0 Å². The van der Waals surface area contributed by atoms with Crippen LogP contribution in [0.25, 0.3) is 0 Å². The van der Waals surface area contributed by atoms with Crippen molar-refractivity contribution in [2.45, 2.75) is 19.4 Å². The Morgan fingerprint density at radius 3 is 2.88 bits per heavy atom. The third-order valence-corrected chi connectivity index (χ3v) is 2.31. The van der Waals surface area contributed by atoms with Crippen LogP contribution in [0.3, 0.4) is 0 Å². The summed E-state index contributed by atoms with van der Waals surface area (Å²) in [4.78, 5) is 0. The molecular formula is C12H15FN2O. The molecule has 0 heterocycles. The predicted octanol–water partition coefficient (Wildman–Crippen LogP) is 2.01. The summed E-state index contributed by atoms with van der Waals surface area (Å²) < 4.78 is 18.3. The van der Waals surface area contributed by atoms with Crippen molar-refractivity contribution < 1.29 is 9.13 Å². The lowest BCUT2D eigenvalue weighted by Gasteiger charge is -2.11. The largest absolute Gasteiger partial charge is 0.493 e. The van der Waals surface area contributed by atoms with Crippen LogP contribution >= 0.6 is 0 Å². The second-order valence-corrected chi connectivity index (χ2v) is 3.52. The van der Waals surface area contributed by atoms with Gasteiger partial charge in [-0.2, -0.15) is 5.26 Å². The lowest BCUT2D eigenvalue weighted by Crippen LogP contribution is -2.25. The van der Waals surface area contributed by atoms with Gasteiger partial charge in [0.2, 0.25) is 0 Å².